The van der Waals surface area contributed by atoms with Gasteiger partial charge < -0.3 is 24.9 Å². The van der Waals surface area contributed by atoms with E-state index in [1.54, 1.807) is 0 Å². The van der Waals surface area contributed by atoms with Crippen molar-refractivity contribution in [3.05, 3.63) is 77.6 Å². The molecule has 1 saturated heterocycles. The lowest BCUT2D eigenvalue weighted by molar-refractivity contribution is -0.126. The molecule has 0 spiro atoms. The molecule has 3 heterocycles. The molecule has 1 fully saturated rings. The molecule has 5 rings (SSSR count). The summed E-state index contributed by atoms with van der Waals surface area (Å²) in [7, 11) is 4.07. The second-order valence-electron chi connectivity index (χ2n) is 12.7. The molecule has 8 nitrogen and oxygen atoms in total. The number of hydrogen-bond donors (Lipinski definition) is 1. The number of pyridine rings is 1. The molecule has 1 atom stereocenters. The highest BCUT2D eigenvalue weighted by Crippen LogP contribution is 2.35. The standard InChI is InChI=1S/C35H46N6O2/c1-7-33(42)40-18-16-39(17-19-40)32-21-29(35(43)36-27(20-24(2)3)22-38(5)6)37-30-23-41(15-14-28(30)32)31-13-9-12-26-11-8-10-25(4)34(26)31/h7-13,21,24,27H,1,14-20,22-23H2,2-6H3,(H,36,43). The summed E-state index contributed by atoms with van der Waals surface area (Å²) >= 11 is 0. The van der Waals surface area contributed by atoms with Gasteiger partial charge >= 0.3 is 0 Å². The van der Waals surface area contributed by atoms with Crippen LogP contribution in [0.3, 0.4) is 0 Å². The molecule has 2 aliphatic rings. The minimum Gasteiger partial charge on any atom is -0.368 e. The van der Waals surface area contributed by atoms with Crippen molar-refractivity contribution in [3.8, 4) is 0 Å². The first-order chi connectivity index (χ1) is 20.6. The zero-order valence-corrected chi connectivity index (χ0v) is 26.4. The number of piperazine rings is 1. The molecule has 2 aromatic carbocycles. The summed E-state index contributed by atoms with van der Waals surface area (Å²) in [6.45, 7) is 15.1. The van der Waals surface area contributed by atoms with E-state index in [2.05, 4.69) is 83.8 Å². The summed E-state index contributed by atoms with van der Waals surface area (Å²) in [4.78, 5) is 39.8. The second kappa shape index (κ2) is 13.2. The molecule has 3 aromatic rings. The minimum atomic E-state index is -0.129. The number of anilines is 2. The Morgan fingerprint density at radius 2 is 1.74 bits per heavy atom. The fraction of sp³-hybridized carbons (Fsp3) is 0.457. The van der Waals surface area contributed by atoms with Gasteiger partial charge in [-0.15, -0.1) is 0 Å². The molecule has 0 radical (unpaired) electrons. The number of aromatic nitrogens is 1. The maximum Gasteiger partial charge on any atom is 0.270 e. The average Bonchev–Trinajstić information content (AvgIpc) is 2.99. The Morgan fingerprint density at radius 1 is 1.02 bits per heavy atom. The number of benzene rings is 2. The van der Waals surface area contributed by atoms with Gasteiger partial charge in [-0.1, -0.05) is 50.8 Å². The van der Waals surface area contributed by atoms with Crippen LogP contribution in [0.15, 0.2) is 55.1 Å². The predicted molar refractivity (Wildman–Crippen MR) is 176 cm³/mol. The van der Waals surface area contributed by atoms with E-state index in [9.17, 15) is 9.59 Å². The lowest BCUT2D eigenvalue weighted by atomic mass is 9.97. The molecule has 2 aliphatic heterocycles. The number of amides is 2. The van der Waals surface area contributed by atoms with Crippen molar-refractivity contribution in [3.63, 3.8) is 0 Å². The quantitative estimate of drug-likeness (QED) is 0.371. The Hall–Kier alpha value is -3.91. The summed E-state index contributed by atoms with van der Waals surface area (Å²) in [5, 5.41) is 5.80. The first kappa shape index (κ1) is 30.5. The first-order valence-electron chi connectivity index (χ1n) is 15.5. The van der Waals surface area contributed by atoms with Crippen LogP contribution in [0.5, 0.6) is 0 Å². The molecule has 2 amide bonds. The van der Waals surface area contributed by atoms with Crippen LogP contribution in [0.4, 0.5) is 11.4 Å². The van der Waals surface area contributed by atoms with Crippen LogP contribution in [0.2, 0.25) is 0 Å². The summed E-state index contributed by atoms with van der Waals surface area (Å²) < 4.78 is 0. The fourth-order valence-corrected chi connectivity index (χ4v) is 6.64. The first-order valence-corrected chi connectivity index (χ1v) is 15.5. The number of likely N-dealkylation sites (N-methyl/N-ethyl adjacent to an activating group) is 1. The van der Waals surface area contributed by atoms with E-state index >= 15 is 0 Å². The average molecular weight is 583 g/mol. The number of carbonyl (C=O) groups excluding carboxylic acids is 2. The van der Waals surface area contributed by atoms with E-state index in [4.69, 9.17) is 4.98 Å². The lowest BCUT2D eigenvalue weighted by Gasteiger charge is -2.39. The number of nitrogens with one attached hydrogen (secondary N) is 1. The monoisotopic (exact) mass is 582 g/mol. The number of nitrogens with zero attached hydrogens (tertiary/aromatic N) is 5. The zero-order valence-electron chi connectivity index (χ0n) is 26.4. The molecule has 0 saturated carbocycles. The van der Waals surface area contributed by atoms with Crippen molar-refractivity contribution >= 4 is 34.0 Å². The normalized spacial score (nSPS) is 16.0. The third kappa shape index (κ3) is 6.85. The Labute approximate surface area is 256 Å². The van der Waals surface area contributed by atoms with Gasteiger partial charge in [0.25, 0.3) is 5.91 Å². The summed E-state index contributed by atoms with van der Waals surface area (Å²) in [5.74, 6) is 0.300. The van der Waals surface area contributed by atoms with Gasteiger partial charge in [0.1, 0.15) is 5.69 Å². The molecular weight excluding hydrogens is 536 g/mol. The third-order valence-corrected chi connectivity index (χ3v) is 8.61. The second-order valence-corrected chi connectivity index (χ2v) is 12.7. The van der Waals surface area contributed by atoms with Crippen LogP contribution in [0.1, 0.15) is 47.6 Å². The fourth-order valence-electron chi connectivity index (χ4n) is 6.64. The van der Waals surface area contributed by atoms with Gasteiger partial charge in [0, 0.05) is 67.6 Å². The number of fused-ring (bicyclic) bond motifs is 2. The molecule has 1 N–H and O–H groups in total. The Morgan fingerprint density at radius 3 is 2.42 bits per heavy atom. The van der Waals surface area contributed by atoms with Crippen molar-refractivity contribution in [2.45, 2.75) is 46.2 Å². The van der Waals surface area contributed by atoms with Crippen LogP contribution in [0.25, 0.3) is 10.8 Å². The van der Waals surface area contributed by atoms with Crippen molar-refractivity contribution in [2.24, 2.45) is 5.92 Å². The number of rotatable bonds is 9. The van der Waals surface area contributed by atoms with Crippen LogP contribution in [0, 0.1) is 12.8 Å². The molecule has 1 aromatic heterocycles. The lowest BCUT2D eigenvalue weighted by Crippen LogP contribution is -2.49. The molecule has 0 bridgehead atoms. The van der Waals surface area contributed by atoms with E-state index in [1.807, 2.05) is 25.1 Å². The van der Waals surface area contributed by atoms with Gasteiger partial charge in [-0.2, -0.15) is 0 Å². The van der Waals surface area contributed by atoms with Crippen LogP contribution >= 0.6 is 0 Å². The van der Waals surface area contributed by atoms with Gasteiger partial charge in [0.05, 0.1) is 12.2 Å². The van der Waals surface area contributed by atoms with E-state index < -0.39 is 0 Å². The Bertz CT molecular complexity index is 1480. The SMILES string of the molecule is C=CC(=O)N1CCN(c2cc(C(=O)NC(CC(C)C)CN(C)C)nc3c2CCN(c2cccc4cccc(C)c24)C3)CC1. The summed E-state index contributed by atoms with van der Waals surface area (Å²) in [5.41, 5.74) is 6.16. The molecule has 228 valence electrons. The maximum absolute atomic E-state index is 13.8. The highest BCUT2D eigenvalue weighted by atomic mass is 16.2. The minimum absolute atomic E-state index is 0.0328. The van der Waals surface area contributed by atoms with Crippen molar-refractivity contribution in [1.82, 2.24) is 20.1 Å². The molecular formula is C35H46N6O2. The van der Waals surface area contributed by atoms with Crippen molar-refractivity contribution in [1.29, 1.82) is 0 Å². The number of carbonyl (C=O) groups is 2. The largest absolute Gasteiger partial charge is 0.368 e. The molecule has 1 unspecified atom stereocenters. The predicted octanol–water partition coefficient (Wildman–Crippen LogP) is 4.65. The van der Waals surface area contributed by atoms with Gasteiger partial charge in [-0.3, -0.25) is 9.59 Å². The van der Waals surface area contributed by atoms with E-state index in [0.29, 0.717) is 44.3 Å². The van der Waals surface area contributed by atoms with Gasteiger partial charge in [0.2, 0.25) is 5.91 Å². The van der Waals surface area contributed by atoms with E-state index in [1.165, 1.54) is 33.7 Å². The Kier molecular flexibility index (Phi) is 9.35. The highest BCUT2D eigenvalue weighted by molar-refractivity contribution is 5.97. The van der Waals surface area contributed by atoms with Gasteiger partial charge in [-0.05, 0) is 68.9 Å². The van der Waals surface area contributed by atoms with Crippen LogP contribution in [-0.4, -0.2) is 86.0 Å². The summed E-state index contributed by atoms with van der Waals surface area (Å²) in [6, 6.07) is 15.0. The van der Waals surface area contributed by atoms with Crippen LogP contribution < -0.4 is 15.1 Å². The van der Waals surface area contributed by atoms with E-state index in [-0.39, 0.29) is 17.9 Å². The van der Waals surface area contributed by atoms with E-state index in [0.717, 1.165) is 37.3 Å². The smallest absolute Gasteiger partial charge is 0.270 e. The topological polar surface area (TPSA) is 72.0 Å². The third-order valence-electron chi connectivity index (χ3n) is 8.61. The van der Waals surface area contributed by atoms with Gasteiger partial charge in [-0.25, -0.2) is 4.98 Å². The van der Waals surface area contributed by atoms with Gasteiger partial charge in [0.15, 0.2) is 0 Å². The molecule has 0 aliphatic carbocycles. The highest BCUT2D eigenvalue weighted by Gasteiger charge is 2.29. The summed E-state index contributed by atoms with van der Waals surface area (Å²) in [6.07, 6.45) is 3.12. The zero-order chi connectivity index (χ0) is 30.7. The van der Waals surface area contributed by atoms with Crippen LogP contribution in [-0.2, 0) is 17.8 Å². The number of hydrogen-bond acceptors (Lipinski definition) is 6. The molecule has 8 heteroatoms. The maximum atomic E-state index is 13.8. The van der Waals surface area contributed by atoms with Crippen molar-refractivity contribution in [2.75, 3.05) is 63.2 Å². The van der Waals surface area contributed by atoms with Crippen molar-refractivity contribution < 1.29 is 9.59 Å². The Balaban J connectivity index is 1.49. The number of aryl methyl sites for hydroxylation is 1. The molecule has 43 heavy (non-hydrogen) atoms.